The van der Waals surface area contributed by atoms with Crippen LogP contribution in [0.25, 0.3) is 34.2 Å². The van der Waals surface area contributed by atoms with Crippen LogP contribution in [0.15, 0.2) is 53.2 Å². The van der Waals surface area contributed by atoms with Gasteiger partial charge in [-0.1, -0.05) is 29.4 Å². The molecule has 0 aliphatic rings. The van der Waals surface area contributed by atoms with Gasteiger partial charge in [-0.3, -0.25) is 0 Å². The summed E-state index contributed by atoms with van der Waals surface area (Å²) in [6, 6.07) is 10.7. The van der Waals surface area contributed by atoms with Crippen molar-refractivity contribution in [1.29, 1.82) is 0 Å². The van der Waals surface area contributed by atoms with E-state index in [4.69, 9.17) is 9.26 Å². The molecule has 10 heteroatoms. The second-order valence-corrected chi connectivity index (χ2v) is 6.40. The average Bonchev–Trinajstić information content (AvgIpc) is 3.35. The van der Waals surface area contributed by atoms with E-state index in [1.165, 1.54) is 30.9 Å². The summed E-state index contributed by atoms with van der Waals surface area (Å²) in [7, 11) is 2.91. The van der Waals surface area contributed by atoms with Gasteiger partial charge in [0.25, 0.3) is 5.89 Å². The Labute approximate surface area is 167 Å². The highest BCUT2D eigenvalue weighted by Crippen LogP contribution is 2.31. The SMILES string of the molecule is COc1ccc(-c2nc(-c3ccc(-c4nc(C(F)(F)F)cn4C)cc3)no2)c(F)c1. The molecule has 0 N–H and O–H groups in total. The van der Waals surface area contributed by atoms with Gasteiger partial charge in [0, 0.05) is 30.4 Å². The molecular formula is C20H14F4N4O2. The van der Waals surface area contributed by atoms with Crippen LogP contribution in [0.5, 0.6) is 5.75 Å². The maximum atomic E-state index is 14.2. The van der Waals surface area contributed by atoms with E-state index >= 15 is 0 Å². The molecule has 4 aromatic rings. The zero-order chi connectivity index (χ0) is 21.5. The first-order valence-electron chi connectivity index (χ1n) is 8.65. The zero-order valence-corrected chi connectivity index (χ0v) is 15.7. The molecular weight excluding hydrogens is 404 g/mol. The molecule has 2 aromatic heterocycles. The van der Waals surface area contributed by atoms with Crippen molar-refractivity contribution in [3.05, 3.63) is 60.2 Å². The summed E-state index contributed by atoms with van der Waals surface area (Å²) in [6.07, 6.45) is -3.59. The highest BCUT2D eigenvalue weighted by Gasteiger charge is 2.34. The Balaban J connectivity index is 1.61. The summed E-state index contributed by atoms with van der Waals surface area (Å²) >= 11 is 0. The van der Waals surface area contributed by atoms with Crippen LogP contribution in [-0.2, 0) is 13.2 Å². The van der Waals surface area contributed by atoms with Gasteiger partial charge in [0.15, 0.2) is 5.69 Å². The number of aryl methyl sites for hydroxylation is 1. The van der Waals surface area contributed by atoms with E-state index in [2.05, 4.69) is 15.1 Å². The van der Waals surface area contributed by atoms with Crippen molar-refractivity contribution in [2.45, 2.75) is 6.18 Å². The third-order valence-corrected chi connectivity index (χ3v) is 4.40. The second-order valence-electron chi connectivity index (χ2n) is 6.40. The van der Waals surface area contributed by atoms with Gasteiger partial charge < -0.3 is 13.8 Å². The van der Waals surface area contributed by atoms with Crippen LogP contribution < -0.4 is 4.74 Å². The van der Waals surface area contributed by atoms with Crippen LogP contribution >= 0.6 is 0 Å². The predicted molar refractivity (Wildman–Crippen MR) is 98.9 cm³/mol. The second kappa shape index (κ2) is 7.29. The molecule has 0 saturated carbocycles. The molecule has 0 atom stereocenters. The molecule has 4 rings (SSSR count). The minimum atomic E-state index is -4.52. The molecule has 154 valence electrons. The standard InChI is InChI=1S/C20H14F4N4O2/c1-28-10-16(20(22,23)24)25-18(28)12-5-3-11(4-6-12)17-26-19(30-27-17)14-8-7-13(29-2)9-15(14)21/h3-10H,1-2H3. The van der Waals surface area contributed by atoms with Crippen molar-refractivity contribution < 1.29 is 26.8 Å². The van der Waals surface area contributed by atoms with Gasteiger partial charge in [-0.05, 0) is 12.1 Å². The molecule has 0 fully saturated rings. The maximum absolute atomic E-state index is 14.2. The van der Waals surface area contributed by atoms with Gasteiger partial charge in [0.05, 0.1) is 12.7 Å². The van der Waals surface area contributed by atoms with E-state index in [1.807, 2.05) is 0 Å². The van der Waals surface area contributed by atoms with Gasteiger partial charge in [0.2, 0.25) is 5.82 Å². The van der Waals surface area contributed by atoms with Crippen molar-refractivity contribution in [3.63, 3.8) is 0 Å². The number of rotatable bonds is 4. The van der Waals surface area contributed by atoms with Crippen LogP contribution in [0.1, 0.15) is 5.69 Å². The van der Waals surface area contributed by atoms with E-state index in [1.54, 1.807) is 30.3 Å². The molecule has 0 amide bonds. The van der Waals surface area contributed by atoms with E-state index in [-0.39, 0.29) is 23.1 Å². The number of halogens is 4. The van der Waals surface area contributed by atoms with Gasteiger partial charge in [-0.25, -0.2) is 9.37 Å². The van der Waals surface area contributed by atoms with E-state index in [0.29, 0.717) is 16.9 Å². The largest absolute Gasteiger partial charge is 0.497 e. The summed E-state index contributed by atoms with van der Waals surface area (Å²) in [5.41, 5.74) is 0.196. The van der Waals surface area contributed by atoms with Gasteiger partial charge >= 0.3 is 6.18 Å². The molecule has 6 nitrogen and oxygen atoms in total. The number of alkyl halides is 3. The van der Waals surface area contributed by atoms with E-state index in [0.717, 1.165) is 6.20 Å². The number of hydrogen-bond donors (Lipinski definition) is 0. The van der Waals surface area contributed by atoms with Crippen molar-refractivity contribution in [3.8, 4) is 40.0 Å². The van der Waals surface area contributed by atoms with E-state index < -0.39 is 17.7 Å². The topological polar surface area (TPSA) is 66.0 Å². The quantitative estimate of drug-likeness (QED) is 0.438. The number of imidazole rings is 1. The summed E-state index contributed by atoms with van der Waals surface area (Å²) in [4.78, 5) is 7.85. The van der Waals surface area contributed by atoms with Crippen LogP contribution in [0.2, 0.25) is 0 Å². The summed E-state index contributed by atoms with van der Waals surface area (Å²) in [5.74, 6) is 0.156. The lowest BCUT2D eigenvalue weighted by molar-refractivity contribution is -0.140. The predicted octanol–water partition coefficient (Wildman–Crippen LogP) is 4.97. The first-order chi connectivity index (χ1) is 14.3. The third-order valence-electron chi connectivity index (χ3n) is 4.40. The lowest BCUT2D eigenvalue weighted by atomic mass is 10.1. The minimum Gasteiger partial charge on any atom is -0.497 e. The number of benzene rings is 2. The molecule has 30 heavy (non-hydrogen) atoms. The fourth-order valence-electron chi connectivity index (χ4n) is 2.89. The lowest BCUT2D eigenvalue weighted by Crippen LogP contribution is -2.04. The first kappa shape index (κ1) is 19.6. The number of ether oxygens (including phenoxy) is 1. The fourth-order valence-corrected chi connectivity index (χ4v) is 2.89. The third kappa shape index (κ3) is 3.63. The molecule has 2 aromatic carbocycles. The van der Waals surface area contributed by atoms with Crippen LogP contribution in [0, 0.1) is 5.82 Å². The summed E-state index contributed by atoms with van der Waals surface area (Å²) in [6.45, 7) is 0. The van der Waals surface area contributed by atoms with E-state index in [9.17, 15) is 17.6 Å². The molecule has 0 radical (unpaired) electrons. The number of aromatic nitrogens is 4. The molecule has 2 heterocycles. The molecule has 0 spiro atoms. The van der Waals surface area contributed by atoms with Crippen molar-refractivity contribution in [2.75, 3.05) is 7.11 Å². The Kier molecular flexibility index (Phi) is 4.76. The van der Waals surface area contributed by atoms with Crippen molar-refractivity contribution >= 4 is 0 Å². The van der Waals surface area contributed by atoms with Crippen molar-refractivity contribution in [1.82, 2.24) is 19.7 Å². The van der Waals surface area contributed by atoms with Gasteiger partial charge in [-0.15, -0.1) is 0 Å². The Morgan fingerprint density at radius 3 is 2.30 bits per heavy atom. The molecule has 0 unspecified atom stereocenters. The highest BCUT2D eigenvalue weighted by atomic mass is 19.4. The monoisotopic (exact) mass is 418 g/mol. The lowest BCUT2D eigenvalue weighted by Gasteiger charge is -2.02. The Morgan fingerprint density at radius 1 is 1.00 bits per heavy atom. The summed E-state index contributed by atoms with van der Waals surface area (Å²) in [5, 5.41) is 3.85. The van der Waals surface area contributed by atoms with Crippen LogP contribution in [-0.4, -0.2) is 26.8 Å². The van der Waals surface area contributed by atoms with Crippen LogP contribution in [0.4, 0.5) is 17.6 Å². The fraction of sp³-hybridized carbons (Fsp3) is 0.150. The maximum Gasteiger partial charge on any atom is 0.434 e. The number of nitrogens with zero attached hydrogens (tertiary/aromatic N) is 4. The van der Waals surface area contributed by atoms with Gasteiger partial charge in [-0.2, -0.15) is 18.2 Å². The number of hydrogen-bond acceptors (Lipinski definition) is 5. The van der Waals surface area contributed by atoms with Crippen molar-refractivity contribution in [2.24, 2.45) is 7.05 Å². The summed E-state index contributed by atoms with van der Waals surface area (Å²) < 4.78 is 64.2. The highest BCUT2D eigenvalue weighted by molar-refractivity contribution is 5.65. The van der Waals surface area contributed by atoms with Crippen LogP contribution in [0.3, 0.4) is 0 Å². The zero-order valence-electron chi connectivity index (χ0n) is 15.7. The molecule has 0 aliphatic carbocycles. The normalized spacial score (nSPS) is 11.7. The minimum absolute atomic E-state index is 0.00634. The Hall–Kier alpha value is -3.69. The Bertz CT molecular complexity index is 1200. The molecule has 0 aliphatic heterocycles. The van der Waals surface area contributed by atoms with Gasteiger partial charge in [0.1, 0.15) is 17.4 Å². The first-order valence-corrected chi connectivity index (χ1v) is 8.65. The Morgan fingerprint density at radius 2 is 1.70 bits per heavy atom. The molecule has 0 bridgehead atoms. The number of methoxy groups -OCH3 is 1. The average molecular weight is 418 g/mol. The molecule has 0 saturated heterocycles. The smallest absolute Gasteiger partial charge is 0.434 e.